The van der Waals surface area contributed by atoms with Crippen molar-refractivity contribution in [2.24, 2.45) is 5.92 Å². The summed E-state index contributed by atoms with van der Waals surface area (Å²) >= 11 is 1.56. The fraction of sp³-hybridized carbons (Fsp3) is 0.444. The SMILES string of the molecule is CCC(C)C(C(=O)Nc1ncc(C(C)C)s1)c1ccccc1. The zero-order valence-electron chi connectivity index (χ0n) is 13.7. The molecule has 1 heterocycles. The predicted molar refractivity (Wildman–Crippen MR) is 93.5 cm³/mol. The fourth-order valence-electron chi connectivity index (χ4n) is 2.43. The van der Waals surface area contributed by atoms with Gasteiger partial charge in [-0.2, -0.15) is 0 Å². The van der Waals surface area contributed by atoms with E-state index < -0.39 is 0 Å². The zero-order valence-corrected chi connectivity index (χ0v) is 14.5. The van der Waals surface area contributed by atoms with Gasteiger partial charge in [0.2, 0.25) is 5.91 Å². The van der Waals surface area contributed by atoms with Gasteiger partial charge in [0.1, 0.15) is 0 Å². The number of nitrogens with zero attached hydrogens (tertiary/aromatic N) is 1. The average molecular weight is 316 g/mol. The molecule has 2 aromatic rings. The summed E-state index contributed by atoms with van der Waals surface area (Å²) in [5.41, 5.74) is 1.06. The van der Waals surface area contributed by atoms with Crippen molar-refractivity contribution in [2.45, 2.75) is 46.0 Å². The topological polar surface area (TPSA) is 42.0 Å². The van der Waals surface area contributed by atoms with Crippen LogP contribution < -0.4 is 5.32 Å². The summed E-state index contributed by atoms with van der Waals surface area (Å²) in [5.74, 6) is 0.609. The van der Waals surface area contributed by atoms with Gasteiger partial charge in [-0.25, -0.2) is 4.98 Å². The van der Waals surface area contributed by atoms with Gasteiger partial charge in [-0.3, -0.25) is 4.79 Å². The molecule has 2 atom stereocenters. The first-order valence-corrected chi connectivity index (χ1v) is 8.66. The molecule has 118 valence electrons. The van der Waals surface area contributed by atoms with Gasteiger partial charge in [0.25, 0.3) is 0 Å². The van der Waals surface area contributed by atoms with Crippen LogP contribution in [0.2, 0.25) is 0 Å². The van der Waals surface area contributed by atoms with Crippen molar-refractivity contribution in [1.82, 2.24) is 4.98 Å². The molecule has 22 heavy (non-hydrogen) atoms. The van der Waals surface area contributed by atoms with Crippen LogP contribution in [-0.4, -0.2) is 10.9 Å². The van der Waals surface area contributed by atoms with Crippen LogP contribution >= 0.6 is 11.3 Å². The van der Waals surface area contributed by atoms with E-state index in [-0.39, 0.29) is 17.7 Å². The molecule has 0 aliphatic carbocycles. The average Bonchev–Trinajstić information content (AvgIpc) is 2.97. The fourth-order valence-corrected chi connectivity index (χ4v) is 3.25. The normalized spacial score (nSPS) is 13.9. The lowest BCUT2D eigenvalue weighted by Crippen LogP contribution is -2.26. The standard InChI is InChI=1S/C18H24N2OS/c1-5-13(4)16(14-9-7-6-8-10-14)17(21)20-18-19-11-15(22-18)12(2)3/h6-13,16H,5H2,1-4H3,(H,19,20,21). The maximum absolute atomic E-state index is 12.7. The van der Waals surface area contributed by atoms with Crippen LogP contribution in [0.3, 0.4) is 0 Å². The minimum atomic E-state index is -0.141. The minimum Gasteiger partial charge on any atom is -0.301 e. The largest absolute Gasteiger partial charge is 0.301 e. The van der Waals surface area contributed by atoms with Crippen LogP contribution in [-0.2, 0) is 4.79 Å². The number of carbonyl (C=O) groups excluding carboxylic acids is 1. The molecule has 0 radical (unpaired) electrons. The Hall–Kier alpha value is -1.68. The predicted octanol–water partition coefficient (Wildman–Crippen LogP) is 5.03. The van der Waals surface area contributed by atoms with Gasteiger partial charge >= 0.3 is 0 Å². The van der Waals surface area contributed by atoms with Crippen LogP contribution in [0.25, 0.3) is 0 Å². The van der Waals surface area contributed by atoms with Crippen molar-refractivity contribution in [2.75, 3.05) is 5.32 Å². The van der Waals surface area contributed by atoms with E-state index in [1.807, 2.05) is 36.5 Å². The van der Waals surface area contributed by atoms with Gasteiger partial charge in [-0.05, 0) is 17.4 Å². The third kappa shape index (κ3) is 3.95. The Kier molecular flexibility index (Phi) is 5.72. The van der Waals surface area contributed by atoms with Gasteiger partial charge < -0.3 is 5.32 Å². The van der Waals surface area contributed by atoms with Crippen LogP contribution in [0.1, 0.15) is 56.4 Å². The summed E-state index contributed by atoms with van der Waals surface area (Å²) in [4.78, 5) is 18.3. The maximum Gasteiger partial charge on any atom is 0.233 e. The van der Waals surface area contributed by atoms with Crippen LogP contribution in [0.15, 0.2) is 36.5 Å². The first-order valence-electron chi connectivity index (χ1n) is 7.84. The second-order valence-electron chi connectivity index (χ2n) is 5.99. The third-order valence-corrected chi connectivity index (χ3v) is 5.19. The van der Waals surface area contributed by atoms with E-state index in [0.717, 1.165) is 12.0 Å². The van der Waals surface area contributed by atoms with E-state index in [2.05, 4.69) is 38.0 Å². The smallest absolute Gasteiger partial charge is 0.233 e. The van der Waals surface area contributed by atoms with Crippen molar-refractivity contribution < 1.29 is 4.79 Å². The highest BCUT2D eigenvalue weighted by molar-refractivity contribution is 7.15. The Morgan fingerprint density at radius 2 is 1.91 bits per heavy atom. The van der Waals surface area contributed by atoms with E-state index in [0.29, 0.717) is 11.0 Å². The highest BCUT2D eigenvalue weighted by Gasteiger charge is 2.26. The summed E-state index contributed by atoms with van der Waals surface area (Å²) in [6.07, 6.45) is 2.81. The molecule has 0 bridgehead atoms. The zero-order chi connectivity index (χ0) is 16.1. The molecule has 3 nitrogen and oxygen atoms in total. The third-order valence-electron chi connectivity index (χ3n) is 3.98. The number of hydrogen-bond donors (Lipinski definition) is 1. The molecule has 1 aromatic heterocycles. The minimum absolute atomic E-state index is 0.0326. The molecular formula is C18H24N2OS. The molecule has 0 aliphatic rings. The van der Waals surface area contributed by atoms with Gasteiger partial charge in [0, 0.05) is 11.1 Å². The molecule has 4 heteroatoms. The Bertz CT molecular complexity index is 607. The summed E-state index contributed by atoms with van der Waals surface area (Å²) in [6, 6.07) is 10.00. The van der Waals surface area contributed by atoms with Crippen LogP contribution in [0.5, 0.6) is 0 Å². The summed E-state index contributed by atoms with van der Waals surface area (Å²) in [7, 11) is 0. The molecule has 0 fully saturated rings. The quantitative estimate of drug-likeness (QED) is 0.811. The number of amides is 1. The number of thiazole rings is 1. The second-order valence-corrected chi connectivity index (χ2v) is 7.05. The van der Waals surface area contributed by atoms with Gasteiger partial charge in [0.15, 0.2) is 5.13 Å². The Labute approximate surface area is 136 Å². The molecule has 1 amide bonds. The summed E-state index contributed by atoms with van der Waals surface area (Å²) < 4.78 is 0. The lowest BCUT2D eigenvalue weighted by molar-refractivity contribution is -0.118. The highest BCUT2D eigenvalue weighted by atomic mass is 32.1. The van der Waals surface area contributed by atoms with Crippen LogP contribution in [0, 0.1) is 5.92 Å². The number of hydrogen-bond acceptors (Lipinski definition) is 3. The molecule has 1 N–H and O–H groups in total. The molecule has 0 spiro atoms. The number of aromatic nitrogens is 1. The number of anilines is 1. The molecule has 0 aliphatic heterocycles. The van der Waals surface area contributed by atoms with Crippen molar-refractivity contribution in [3.8, 4) is 0 Å². The Balaban J connectivity index is 2.18. The molecule has 2 rings (SSSR count). The van der Waals surface area contributed by atoms with Gasteiger partial charge in [-0.15, -0.1) is 11.3 Å². The van der Waals surface area contributed by atoms with E-state index in [1.165, 1.54) is 4.88 Å². The van der Waals surface area contributed by atoms with E-state index in [1.54, 1.807) is 11.3 Å². The summed E-state index contributed by atoms with van der Waals surface area (Å²) in [5, 5.41) is 3.69. The van der Waals surface area contributed by atoms with Crippen molar-refractivity contribution in [3.05, 3.63) is 47.0 Å². The lowest BCUT2D eigenvalue weighted by atomic mass is 9.85. The van der Waals surface area contributed by atoms with Crippen molar-refractivity contribution in [3.63, 3.8) is 0 Å². The molecule has 0 saturated carbocycles. The highest BCUT2D eigenvalue weighted by Crippen LogP contribution is 2.30. The number of benzene rings is 1. The lowest BCUT2D eigenvalue weighted by Gasteiger charge is -2.22. The molecular weight excluding hydrogens is 292 g/mol. The van der Waals surface area contributed by atoms with E-state index in [9.17, 15) is 4.79 Å². The number of rotatable bonds is 6. The van der Waals surface area contributed by atoms with E-state index >= 15 is 0 Å². The Morgan fingerprint density at radius 3 is 2.45 bits per heavy atom. The first-order chi connectivity index (χ1) is 10.5. The number of carbonyl (C=O) groups is 1. The molecule has 1 aromatic carbocycles. The summed E-state index contributed by atoms with van der Waals surface area (Å²) in [6.45, 7) is 8.50. The van der Waals surface area contributed by atoms with Crippen molar-refractivity contribution in [1.29, 1.82) is 0 Å². The Morgan fingerprint density at radius 1 is 1.23 bits per heavy atom. The number of nitrogens with one attached hydrogen (secondary N) is 1. The molecule has 0 saturated heterocycles. The first kappa shape index (κ1) is 16.7. The van der Waals surface area contributed by atoms with Gasteiger partial charge in [-0.1, -0.05) is 64.4 Å². The van der Waals surface area contributed by atoms with Crippen LogP contribution in [0.4, 0.5) is 5.13 Å². The maximum atomic E-state index is 12.7. The second kappa shape index (κ2) is 7.54. The van der Waals surface area contributed by atoms with Crippen molar-refractivity contribution >= 4 is 22.4 Å². The monoisotopic (exact) mass is 316 g/mol. The van der Waals surface area contributed by atoms with E-state index in [4.69, 9.17) is 0 Å². The van der Waals surface area contributed by atoms with Gasteiger partial charge in [0.05, 0.1) is 5.92 Å². The molecule has 2 unspecified atom stereocenters.